The van der Waals surface area contributed by atoms with E-state index >= 15 is 0 Å². The highest BCUT2D eigenvalue weighted by Gasteiger charge is 2.25. The quantitative estimate of drug-likeness (QED) is 0.327. The van der Waals surface area contributed by atoms with Gasteiger partial charge in [-0.2, -0.15) is 0 Å². The molecule has 1 aliphatic carbocycles. The molecule has 2 N–H and O–H groups in total. The molecule has 2 fully saturated rings. The number of nitrogens with one attached hydrogen (secondary N) is 2. The van der Waals surface area contributed by atoms with Gasteiger partial charge in [0.2, 0.25) is 0 Å². The van der Waals surface area contributed by atoms with Crippen molar-refractivity contribution in [3.63, 3.8) is 0 Å². The van der Waals surface area contributed by atoms with E-state index in [1.54, 1.807) is 0 Å². The van der Waals surface area contributed by atoms with Gasteiger partial charge in [-0.05, 0) is 52.6 Å². The summed E-state index contributed by atoms with van der Waals surface area (Å²) in [6, 6.07) is 0.540. The van der Waals surface area contributed by atoms with Gasteiger partial charge in [0.25, 0.3) is 0 Å². The van der Waals surface area contributed by atoms with Crippen LogP contribution in [0.2, 0.25) is 0 Å². The van der Waals surface area contributed by atoms with Gasteiger partial charge in [-0.15, -0.1) is 0 Å². The van der Waals surface area contributed by atoms with Crippen LogP contribution < -0.4 is 10.6 Å². The summed E-state index contributed by atoms with van der Waals surface area (Å²) >= 11 is 0. The molecule has 6 heteroatoms. The van der Waals surface area contributed by atoms with Gasteiger partial charge in [-0.25, -0.2) is 0 Å². The number of guanidine groups is 1. The van der Waals surface area contributed by atoms with E-state index in [-0.39, 0.29) is 0 Å². The van der Waals surface area contributed by atoms with E-state index in [1.165, 1.54) is 32.1 Å². The van der Waals surface area contributed by atoms with Crippen molar-refractivity contribution in [1.82, 2.24) is 15.5 Å². The molecule has 1 heterocycles. The van der Waals surface area contributed by atoms with E-state index in [2.05, 4.69) is 36.6 Å². The second-order valence-electron chi connectivity index (χ2n) is 8.23. The van der Waals surface area contributed by atoms with Crippen molar-refractivity contribution in [2.75, 3.05) is 60.2 Å². The fourth-order valence-corrected chi connectivity index (χ4v) is 4.13. The second-order valence-corrected chi connectivity index (χ2v) is 8.23. The zero-order valence-electron chi connectivity index (χ0n) is 17.8. The van der Waals surface area contributed by atoms with E-state index < -0.39 is 0 Å². The Morgan fingerprint density at radius 1 is 1.19 bits per heavy atom. The fourth-order valence-electron chi connectivity index (χ4n) is 4.13. The summed E-state index contributed by atoms with van der Waals surface area (Å²) in [5.74, 6) is 2.32. The van der Waals surface area contributed by atoms with Crippen LogP contribution >= 0.6 is 0 Å². The highest BCUT2D eigenvalue weighted by atomic mass is 16.5. The smallest absolute Gasteiger partial charge is 0.191 e. The van der Waals surface area contributed by atoms with Crippen LogP contribution in [-0.2, 0) is 9.47 Å². The first-order chi connectivity index (χ1) is 13.2. The van der Waals surface area contributed by atoms with Crippen LogP contribution in [0, 0.1) is 11.8 Å². The third-order valence-corrected chi connectivity index (χ3v) is 5.77. The fraction of sp³-hybridized carbons (Fsp3) is 0.952. The summed E-state index contributed by atoms with van der Waals surface area (Å²) in [5.41, 5.74) is 0. The van der Waals surface area contributed by atoms with Crippen LogP contribution in [0.25, 0.3) is 0 Å². The molecule has 2 rings (SSSR count). The highest BCUT2D eigenvalue weighted by molar-refractivity contribution is 5.79. The molecule has 0 radical (unpaired) electrons. The van der Waals surface area contributed by atoms with E-state index in [1.807, 2.05) is 0 Å². The standard InChI is InChI=1S/C21H42N4O2/c1-4-22-21(23-12-8-13-26-16-18-11-14-27-17-18)24-15-20(25(2)3)19-9-6-5-7-10-19/h18-20H,4-17H2,1-3H3,(H2,22,23,24). The molecule has 2 atom stereocenters. The van der Waals surface area contributed by atoms with E-state index in [4.69, 9.17) is 14.5 Å². The average Bonchev–Trinajstić information content (AvgIpc) is 3.18. The lowest BCUT2D eigenvalue weighted by Crippen LogP contribution is -2.42. The monoisotopic (exact) mass is 382 g/mol. The number of rotatable bonds is 11. The molecule has 1 saturated heterocycles. The summed E-state index contributed by atoms with van der Waals surface area (Å²) in [5, 5.41) is 6.84. The maximum Gasteiger partial charge on any atom is 0.191 e. The Morgan fingerprint density at radius 3 is 2.67 bits per heavy atom. The Morgan fingerprint density at radius 2 is 2.00 bits per heavy atom. The zero-order valence-corrected chi connectivity index (χ0v) is 17.8. The molecule has 158 valence electrons. The lowest BCUT2D eigenvalue weighted by Gasteiger charge is -2.34. The van der Waals surface area contributed by atoms with Crippen LogP contribution in [0.1, 0.15) is 51.9 Å². The van der Waals surface area contributed by atoms with Crippen molar-refractivity contribution in [3.8, 4) is 0 Å². The van der Waals surface area contributed by atoms with Gasteiger partial charge in [-0.3, -0.25) is 4.99 Å². The zero-order chi connectivity index (χ0) is 19.3. The van der Waals surface area contributed by atoms with Gasteiger partial charge in [-0.1, -0.05) is 19.3 Å². The molecular formula is C21H42N4O2. The first-order valence-electron chi connectivity index (χ1n) is 11.0. The summed E-state index contributed by atoms with van der Waals surface area (Å²) in [6.07, 6.45) is 9.01. The minimum Gasteiger partial charge on any atom is -0.381 e. The van der Waals surface area contributed by atoms with E-state index in [0.717, 1.165) is 70.8 Å². The minimum absolute atomic E-state index is 0.540. The van der Waals surface area contributed by atoms with Crippen molar-refractivity contribution in [1.29, 1.82) is 0 Å². The van der Waals surface area contributed by atoms with E-state index in [9.17, 15) is 0 Å². The van der Waals surface area contributed by atoms with Crippen LogP contribution in [-0.4, -0.2) is 77.1 Å². The van der Waals surface area contributed by atoms with Gasteiger partial charge >= 0.3 is 0 Å². The van der Waals surface area contributed by atoms with Crippen molar-refractivity contribution in [2.24, 2.45) is 16.8 Å². The third-order valence-electron chi connectivity index (χ3n) is 5.77. The first kappa shape index (κ1) is 22.4. The van der Waals surface area contributed by atoms with Gasteiger partial charge in [0, 0.05) is 38.3 Å². The predicted molar refractivity (Wildman–Crippen MR) is 112 cm³/mol. The molecule has 0 spiro atoms. The van der Waals surface area contributed by atoms with Crippen molar-refractivity contribution >= 4 is 5.96 Å². The number of hydrogen-bond acceptors (Lipinski definition) is 4. The Labute approximate surface area is 166 Å². The maximum absolute atomic E-state index is 5.78. The predicted octanol–water partition coefficient (Wildman–Crippen LogP) is 2.50. The van der Waals surface area contributed by atoms with Crippen molar-refractivity contribution in [2.45, 2.75) is 57.9 Å². The average molecular weight is 383 g/mol. The van der Waals surface area contributed by atoms with Crippen molar-refractivity contribution in [3.05, 3.63) is 0 Å². The third kappa shape index (κ3) is 8.79. The summed E-state index contributed by atoms with van der Waals surface area (Å²) in [7, 11) is 4.39. The lowest BCUT2D eigenvalue weighted by atomic mass is 9.83. The number of aliphatic imine (C=N–C) groups is 1. The molecule has 1 aliphatic heterocycles. The van der Waals surface area contributed by atoms with Crippen LogP contribution in [0.4, 0.5) is 0 Å². The lowest BCUT2D eigenvalue weighted by molar-refractivity contribution is 0.0888. The number of nitrogens with zero attached hydrogens (tertiary/aromatic N) is 2. The SMILES string of the molecule is CCNC(=NCC(C1CCCCC1)N(C)C)NCCCOCC1CCOC1. The summed E-state index contributed by atoms with van der Waals surface area (Å²) < 4.78 is 11.2. The molecule has 27 heavy (non-hydrogen) atoms. The molecule has 1 saturated carbocycles. The van der Waals surface area contributed by atoms with Gasteiger partial charge in [0.05, 0.1) is 19.8 Å². The number of hydrogen-bond donors (Lipinski definition) is 2. The highest BCUT2D eigenvalue weighted by Crippen LogP contribution is 2.28. The van der Waals surface area contributed by atoms with Gasteiger partial charge in [0.15, 0.2) is 5.96 Å². The maximum atomic E-state index is 5.78. The Balaban J connectivity index is 1.68. The van der Waals surface area contributed by atoms with Crippen LogP contribution in [0.15, 0.2) is 4.99 Å². The molecule has 2 aliphatic rings. The largest absolute Gasteiger partial charge is 0.381 e. The Kier molecular flexibility index (Phi) is 11.1. The Bertz CT molecular complexity index is 405. The first-order valence-corrected chi connectivity index (χ1v) is 11.0. The molecule has 0 amide bonds. The molecule has 2 unspecified atom stereocenters. The molecule has 0 aromatic rings. The van der Waals surface area contributed by atoms with Gasteiger partial charge < -0.3 is 25.0 Å². The normalized spacial score (nSPS) is 23.0. The Hall–Kier alpha value is -0.850. The summed E-state index contributed by atoms with van der Waals surface area (Å²) in [6.45, 7) is 8.16. The molecule has 0 bridgehead atoms. The number of likely N-dealkylation sites (N-methyl/N-ethyl adjacent to an activating group) is 1. The molecule has 0 aromatic heterocycles. The van der Waals surface area contributed by atoms with E-state index in [0.29, 0.717) is 12.0 Å². The second kappa shape index (κ2) is 13.3. The molecule has 6 nitrogen and oxygen atoms in total. The van der Waals surface area contributed by atoms with Crippen LogP contribution in [0.3, 0.4) is 0 Å². The summed E-state index contributed by atoms with van der Waals surface area (Å²) in [4.78, 5) is 7.25. The topological polar surface area (TPSA) is 58.1 Å². The number of ether oxygens (including phenoxy) is 2. The molecule has 0 aromatic carbocycles. The minimum atomic E-state index is 0.540. The van der Waals surface area contributed by atoms with Crippen LogP contribution in [0.5, 0.6) is 0 Å². The van der Waals surface area contributed by atoms with Gasteiger partial charge in [0.1, 0.15) is 0 Å². The molecular weight excluding hydrogens is 340 g/mol. The van der Waals surface area contributed by atoms with Crippen molar-refractivity contribution < 1.29 is 9.47 Å².